The Kier molecular flexibility index (Phi) is 4.37. The van der Waals surface area contributed by atoms with Gasteiger partial charge in [-0.25, -0.2) is 4.39 Å². The van der Waals surface area contributed by atoms with Crippen LogP contribution in [0.3, 0.4) is 0 Å². The van der Waals surface area contributed by atoms with Crippen molar-refractivity contribution in [1.82, 2.24) is 5.32 Å². The molecule has 2 rings (SSSR count). The lowest BCUT2D eigenvalue weighted by Gasteiger charge is -2.35. The van der Waals surface area contributed by atoms with E-state index in [0.29, 0.717) is 5.11 Å². The zero-order valence-electron chi connectivity index (χ0n) is 10.2. The maximum atomic E-state index is 13.2. The van der Waals surface area contributed by atoms with Crippen LogP contribution in [0.5, 0.6) is 0 Å². The third-order valence-corrected chi connectivity index (χ3v) is 3.59. The van der Waals surface area contributed by atoms with E-state index in [4.69, 9.17) is 23.8 Å². The summed E-state index contributed by atoms with van der Waals surface area (Å²) < 4.78 is 13.2. The minimum atomic E-state index is -0.408. The minimum Gasteiger partial charge on any atom is -0.315 e. The Morgan fingerprint density at radius 2 is 2.33 bits per heavy atom. The number of halogens is 2. The fourth-order valence-electron chi connectivity index (χ4n) is 2.03. The summed E-state index contributed by atoms with van der Waals surface area (Å²) >= 11 is 11.1. The van der Waals surface area contributed by atoms with Gasteiger partial charge in [-0.05, 0) is 36.8 Å². The second-order valence-corrected chi connectivity index (χ2v) is 5.14. The molecule has 1 unspecified atom stereocenters. The van der Waals surface area contributed by atoms with Crippen LogP contribution < -0.4 is 15.1 Å². The van der Waals surface area contributed by atoms with E-state index in [9.17, 15) is 4.39 Å². The van der Waals surface area contributed by atoms with E-state index in [1.807, 2.05) is 4.90 Å². The predicted octanol–water partition coefficient (Wildman–Crippen LogP) is 1.38. The van der Waals surface area contributed by atoms with Gasteiger partial charge < -0.3 is 10.2 Å². The first kappa shape index (κ1) is 13.5. The average Bonchev–Trinajstić information content (AvgIpc) is 2.35. The van der Waals surface area contributed by atoms with Crippen LogP contribution in [0.1, 0.15) is 13.3 Å². The largest absolute Gasteiger partial charge is 0.315 e. The summed E-state index contributed by atoms with van der Waals surface area (Å²) in [6.07, 6.45) is 1.11. The Morgan fingerprint density at radius 1 is 1.56 bits per heavy atom. The molecule has 1 aliphatic heterocycles. The summed E-state index contributed by atoms with van der Waals surface area (Å²) in [7, 11) is 0. The smallest absolute Gasteiger partial charge is 0.182 e. The first-order valence-electron chi connectivity index (χ1n) is 5.95. The van der Waals surface area contributed by atoms with Crippen molar-refractivity contribution in [3.8, 4) is 0 Å². The van der Waals surface area contributed by atoms with E-state index in [2.05, 4.69) is 12.2 Å². The van der Waals surface area contributed by atoms with E-state index in [1.54, 1.807) is 12.1 Å². The minimum absolute atomic E-state index is 0.123. The zero-order valence-corrected chi connectivity index (χ0v) is 11.7. The molecule has 2 N–H and O–H groups in total. The monoisotopic (exact) mass is 288 g/mol. The van der Waals surface area contributed by atoms with E-state index >= 15 is 0 Å². The van der Waals surface area contributed by atoms with Crippen LogP contribution in [-0.4, -0.2) is 25.0 Å². The van der Waals surface area contributed by atoms with Crippen molar-refractivity contribution in [3.05, 3.63) is 29.0 Å². The van der Waals surface area contributed by atoms with Gasteiger partial charge in [0.05, 0.1) is 17.3 Å². The highest BCUT2D eigenvalue weighted by Gasteiger charge is 2.24. The summed E-state index contributed by atoms with van der Waals surface area (Å²) in [4.78, 5) is 3.35. The first-order valence-corrected chi connectivity index (χ1v) is 6.74. The second kappa shape index (κ2) is 5.82. The molecule has 1 saturated heterocycles. The van der Waals surface area contributed by atoms with Gasteiger partial charge >= 0.3 is 0 Å². The van der Waals surface area contributed by atoms with Gasteiger partial charge in [0.25, 0.3) is 0 Å². The summed E-state index contributed by atoms with van der Waals surface area (Å²) in [6, 6.07) is 4.68. The van der Waals surface area contributed by atoms with Crippen LogP contribution in [0.4, 0.5) is 10.1 Å². The number of nitrogens with zero attached hydrogens (tertiary/aromatic N) is 1. The molecule has 0 saturated carbocycles. The number of hydrogen-bond acceptors (Lipinski definition) is 1. The topological polar surface area (TPSA) is 19.7 Å². The third kappa shape index (κ3) is 2.91. The Labute approximate surface area is 117 Å². The molecule has 1 aromatic carbocycles. The number of benzene rings is 1. The number of anilines is 1. The highest BCUT2D eigenvalue weighted by atomic mass is 35.5. The molecule has 0 bridgehead atoms. The normalized spacial score (nSPS) is 19.8. The lowest BCUT2D eigenvalue weighted by Crippen LogP contribution is -3.17. The molecule has 1 fully saturated rings. The number of quaternary nitrogens is 1. The molecule has 1 aliphatic rings. The Bertz CT molecular complexity index is 455. The fourth-order valence-corrected chi connectivity index (χ4v) is 2.45. The van der Waals surface area contributed by atoms with E-state index < -0.39 is 5.82 Å². The summed E-state index contributed by atoms with van der Waals surface area (Å²) in [5.74, 6) is -0.408. The van der Waals surface area contributed by atoms with Crippen molar-refractivity contribution in [2.24, 2.45) is 0 Å². The summed E-state index contributed by atoms with van der Waals surface area (Å²) in [5.41, 5.74) is 0.826. The lowest BCUT2D eigenvalue weighted by atomic mass is 10.3. The number of hydrogen-bond donors (Lipinski definition) is 2. The van der Waals surface area contributed by atoms with Gasteiger partial charge in [0.15, 0.2) is 18.4 Å². The van der Waals surface area contributed by atoms with Crippen LogP contribution in [0.25, 0.3) is 0 Å². The number of nitrogens with one attached hydrogen (secondary N) is 2. The molecule has 1 heterocycles. The van der Waals surface area contributed by atoms with Gasteiger partial charge in [-0.3, -0.25) is 4.90 Å². The van der Waals surface area contributed by atoms with Gasteiger partial charge in [-0.1, -0.05) is 18.5 Å². The highest BCUT2D eigenvalue weighted by Crippen LogP contribution is 2.22. The molecule has 3 nitrogen and oxygen atoms in total. The number of thiocarbonyl (C=S) groups is 1. The molecular weight excluding hydrogens is 273 g/mol. The van der Waals surface area contributed by atoms with Crippen molar-refractivity contribution in [3.63, 3.8) is 0 Å². The van der Waals surface area contributed by atoms with Gasteiger partial charge in [0.1, 0.15) is 5.82 Å². The lowest BCUT2D eigenvalue weighted by molar-refractivity contribution is -0.903. The SMILES string of the molecule is CCC[NH+]1CNC(=S)N(c2ccc(F)c(Cl)c2)C1. The first-order chi connectivity index (χ1) is 8.61. The van der Waals surface area contributed by atoms with Gasteiger partial charge in [-0.15, -0.1) is 0 Å². The molecule has 0 amide bonds. The second-order valence-electron chi connectivity index (χ2n) is 4.34. The van der Waals surface area contributed by atoms with Crippen molar-refractivity contribution in [2.75, 3.05) is 24.8 Å². The zero-order chi connectivity index (χ0) is 13.1. The van der Waals surface area contributed by atoms with E-state index in [0.717, 1.165) is 32.0 Å². The van der Waals surface area contributed by atoms with Crippen molar-refractivity contribution in [2.45, 2.75) is 13.3 Å². The Balaban J connectivity index is 2.18. The molecule has 0 radical (unpaired) electrons. The highest BCUT2D eigenvalue weighted by molar-refractivity contribution is 7.80. The molecule has 98 valence electrons. The van der Waals surface area contributed by atoms with Crippen LogP contribution in [0, 0.1) is 5.82 Å². The quantitative estimate of drug-likeness (QED) is 0.820. The van der Waals surface area contributed by atoms with Crippen LogP contribution in [0.2, 0.25) is 5.02 Å². The number of rotatable bonds is 3. The third-order valence-electron chi connectivity index (χ3n) is 2.93. The van der Waals surface area contributed by atoms with Crippen molar-refractivity contribution < 1.29 is 9.29 Å². The van der Waals surface area contributed by atoms with Crippen LogP contribution in [0.15, 0.2) is 18.2 Å². The molecule has 0 spiro atoms. The van der Waals surface area contributed by atoms with Crippen LogP contribution >= 0.6 is 23.8 Å². The molecule has 6 heteroatoms. The predicted molar refractivity (Wildman–Crippen MR) is 75.5 cm³/mol. The molecule has 0 aliphatic carbocycles. The van der Waals surface area contributed by atoms with E-state index in [-0.39, 0.29) is 5.02 Å². The van der Waals surface area contributed by atoms with Gasteiger partial charge in [0, 0.05) is 0 Å². The Morgan fingerprint density at radius 3 is 3.00 bits per heavy atom. The van der Waals surface area contributed by atoms with Gasteiger partial charge in [-0.2, -0.15) is 0 Å². The molecule has 1 aromatic rings. The van der Waals surface area contributed by atoms with Crippen molar-refractivity contribution >= 4 is 34.6 Å². The van der Waals surface area contributed by atoms with Crippen LogP contribution in [-0.2, 0) is 0 Å². The Hall–Kier alpha value is -0.910. The fraction of sp³-hybridized carbons (Fsp3) is 0.417. The molecular formula is C12H16ClFN3S+. The van der Waals surface area contributed by atoms with E-state index in [1.165, 1.54) is 11.0 Å². The van der Waals surface area contributed by atoms with Crippen molar-refractivity contribution in [1.29, 1.82) is 0 Å². The summed E-state index contributed by atoms with van der Waals surface area (Å²) in [6.45, 7) is 4.83. The summed E-state index contributed by atoms with van der Waals surface area (Å²) in [5, 5.41) is 3.97. The molecule has 18 heavy (non-hydrogen) atoms. The maximum absolute atomic E-state index is 13.2. The molecule has 0 aromatic heterocycles. The average molecular weight is 289 g/mol. The maximum Gasteiger partial charge on any atom is 0.182 e. The van der Waals surface area contributed by atoms with Gasteiger partial charge in [0.2, 0.25) is 0 Å². The standard InChI is InChI=1S/C12H15ClFN3S/c1-2-5-16-7-15-12(18)17(8-16)9-3-4-11(14)10(13)6-9/h3-4,6H,2,5,7-8H2,1H3,(H,15,18)/p+1. The molecule has 1 atom stereocenters.